The van der Waals surface area contributed by atoms with Crippen LogP contribution in [0.4, 0.5) is 5.69 Å². The van der Waals surface area contributed by atoms with E-state index >= 15 is 0 Å². The zero-order valence-corrected chi connectivity index (χ0v) is 19.0. The van der Waals surface area contributed by atoms with Crippen LogP contribution in [0.3, 0.4) is 0 Å². The SMILES string of the molecule is Cc1cc([C@@H]2[C@@H](c3ccccn3)NC(=S)N2c2ccccc2)c(C)n1Cc1ccncc1. The third-order valence-corrected chi connectivity index (χ3v) is 6.47. The van der Waals surface area contributed by atoms with E-state index in [1.807, 2.05) is 36.8 Å². The van der Waals surface area contributed by atoms with E-state index in [0.717, 1.165) is 23.0 Å². The number of benzene rings is 1. The highest BCUT2D eigenvalue weighted by molar-refractivity contribution is 7.80. The number of anilines is 1. The molecule has 5 nitrogen and oxygen atoms in total. The minimum Gasteiger partial charge on any atom is -0.351 e. The average Bonchev–Trinajstić information content (AvgIpc) is 3.32. The molecule has 0 bridgehead atoms. The second kappa shape index (κ2) is 8.55. The molecule has 6 heteroatoms. The van der Waals surface area contributed by atoms with Crippen LogP contribution in [0.25, 0.3) is 0 Å². The van der Waals surface area contributed by atoms with Crippen LogP contribution in [-0.2, 0) is 6.54 Å². The van der Waals surface area contributed by atoms with Gasteiger partial charge in [-0.15, -0.1) is 0 Å². The minimum atomic E-state index is -0.0428. The fourth-order valence-electron chi connectivity index (χ4n) is 4.58. The van der Waals surface area contributed by atoms with Crippen LogP contribution in [0.15, 0.2) is 85.3 Å². The zero-order valence-electron chi connectivity index (χ0n) is 18.1. The van der Waals surface area contributed by atoms with Gasteiger partial charge >= 0.3 is 0 Å². The molecule has 4 heterocycles. The summed E-state index contributed by atoms with van der Waals surface area (Å²) < 4.78 is 2.37. The topological polar surface area (TPSA) is 46.0 Å². The van der Waals surface area contributed by atoms with Gasteiger partial charge in [0, 0.05) is 42.2 Å². The molecule has 0 spiro atoms. The highest BCUT2D eigenvalue weighted by atomic mass is 32.1. The van der Waals surface area contributed by atoms with Gasteiger partial charge in [0.1, 0.15) is 0 Å². The van der Waals surface area contributed by atoms with E-state index in [-0.39, 0.29) is 12.1 Å². The van der Waals surface area contributed by atoms with Crippen molar-refractivity contribution in [2.45, 2.75) is 32.5 Å². The van der Waals surface area contributed by atoms with E-state index in [1.165, 1.54) is 22.5 Å². The van der Waals surface area contributed by atoms with Gasteiger partial charge in [0.2, 0.25) is 0 Å². The van der Waals surface area contributed by atoms with Gasteiger partial charge in [-0.2, -0.15) is 0 Å². The normalized spacial score (nSPS) is 18.1. The number of aromatic nitrogens is 3. The van der Waals surface area contributed by atoms with Crippen LogP contribution in [0.5, 0.6) is 0 Å². The molecule has 1 N–H and O–H groups in total. The number of aryl methyl sites for hydroxylation is 1. The van der Waals surface area contributed by atoms with Gasteiger partial charge in [0.15, 0.2) is 5.11 Å². The Hall–Kier alpha value is -3.51. The minimum absolute atomic E-state index is 0.00260. The number of hydrogen-bond donors (Lipinski definition) is 1. The molecule has 1 aromatic carbocycles. The molecule has 1 aliphatic rings. The molecule has 3 aromatic heterocycles. The third kappa shape index (κ3) is 3.67. The lowest BCUT2D eigenvalue weighted by Crippen LogP contribution is -2.29. The molecule has 0 aliphatic carbocycles. The van der Waals surface area contributed by atoms with Crippen molar-refractivity contribution in [1.29, 1.82) is 0 Å². The molecule has 4 aromatic rings. The smallest absolute Gasteiger partial charge is 0.174 e. The Labute approximate surface area is 193 Å². The van der Waals surface area contributed by atoms with Crippen molar-refractivity contribution < 1.29 is 0 Å². The molecule has 2 atom stereocenters. The number of para-hydroxylation sites is 1. The standard InChI is InChI=1S/C26H25N5S/c1-18-16-22(19(2)30(18)17-20-11-14-27-15-12-20)25-24(23-10-6-7-13-28-23)29-26(32)31(25)21-8-4-3-5-9-21/h3-16,24-25H,17H2,1-2H3,(H,29,32)/t24-,25-/m1/s1. The van der Waals surface area contributed by atoms with Crippen LogP contribution in [0.2, 0.25) is 0 Å². The summed E-state index contributed by atoms with van der Waals surface area (Å²) in [6, 6.07) is 22.8. The molecular weight excluding hydrogens is 414 g/mol. The second-order valence-corrected chi connectivity index (χ2v) is 8.49. The lowest BCUT2D eigenvalue weighted by molar-refractivity contribution is 0.563. The van der Waals surface area contributed by atoms with Crippen molar-refractivity contribution in [2.75, 3.05) is 4.90 Å². The van der Waals surface area contributed by atoms with Crippen LogP contribution < -0.4 is 10.2 Å². The lowest BCUT2D eigenvalue weighted by atomic mass is 9.96. The van der Waals surface area contributed by atoms with Crippen molar-refractivity contribution >= 4 is 23.0 Å². The Morgan fingerprint density at radius 3 is 2.41 bits per heavy atom. The lowest BCUT2D eigenvalue weighted by Gasteiger charge is -2.28. The molecule has 32 heavy (non-hydrogen) atoms. The second-order valence-electron chi connectivity index (χ2n) is 8.10. The number of nitrogens with zero attached hydrogens (tertiary/aromatic N) is 4. The first-order chi connectivity index (χ1) is 15.6. The fraction of sp³-hybridized carbons (Fsp3) is 0.192. The first-order valence-corrected chi connectivity index (χ1v) is 11.2. The van der Waals surface area contributed by atoms with Crippen LogP contribution in [0, 0.1) is 13.8 Å². The van der Waals surface area contributed by atoms with E-state index in [2.05, 4.69) is 87.1 Å². The highest BCUT2D eigenvalue weighted by Crippen LogP contribution is 2.43. The first kappa shape index (κ1) is 20.4. The Balaban J connectivity index is 1.62. The molecule has 1 fully saturated rings. The van der Waals surface area contributed by atoms with Gasteiger partial charge in [-0.1, -0.05) is 24.3 Å². The molecule has 1 saturated heterocycles. The molecule has 0 radical (unpaired) electrons. The molecule has 0 amide bonds. The first-order valence-electron chi connectivity index (χ1n) is 10.7. The zero-order chi connectivity index (χ0) is 22.1. The van der Waals surface area contributed by atoms with Crippen molar-refractivity contribution in [2.24, 2.45) is 0 Å². The molecular formula is C26H25N5S. The number of thiocarbonyl (C=S) groups is 1. The quantitative estimate of drug-likeness (QED) is 0.437. The van der Waals surface area contributed by atoms with E-state index < -0.39 is 0 Å². The monoisotopic (exact) mass is 439 g/mol. The molecule has 0 unspecified atom stereocenters. The van der Waals surface area contributed by atoms with Gasteiger partial charge in [-0.25, -0.2) is 0 Å². The molecule has 1 aliphatic heterocycles. The number of hydrogen-bond acceptors (Lipinski definition) is 3. The van der Waals surface area contributed by atoms with Crippen molar-refractivity contribution in [3.05, 3.63) is 114 Å². The largest absolute Gasteiger partial charge is 0.351 e. The maximum Gasteiger partial charge on any atom is 0.174 e. The van der Waals surface area contributed by atoms with E-state index in [9.17, 15) is 0 Å². The summed E-state index contributed by atoms with van der Waals surface area (Å²) in [5.41, 5.74) is 7.00. The summed E-state index contributed by atoms with van der Waals surface area (Å²) in [7, 11) is 0. The number of rotatable bonds is 5. The molecule has 0 saturated carbocycles. The third-order valence-electron chi connectivity index (χ3n) is 6.15. The van der Waals surface area contributed by atoms with Gasteiger partial charge in [-0.05, 0) is 79.7 Å². The fourth-order valence-corrected chi connectivity index (χ4v) is 4.92. The number of pyridine rings is 2. The molecule has 160 valence electrons. The van der Waals surface area contributed by atoms with E-state index in [0.29, 0.717) is 0 Å². The number of nitrogens with one attached hydrogen (secondary N) is 1. The predicted octanol–water partition coefficient (Wildman–Crippen LogP) is 5.12. The van der Waals surface area contributed by atoms with Crippen molar-refractivity contribution in [3.8, 4) is 0 Å². The predicted molar refractivity (Wildman–Crippen MR) is 132 cm³/mol. The van der Waals surface area contributed by atoms with E-state index in [4.69, 9.17) is 12.2 Å². The Bertz CT molecular complexity index is 1220. The van der Waals surface area contributed by atoms with Gasteiger partial charge < -0.3 is 14.8 Å². The highest BCUT2D eigenvalue weighted by Gasteiger charge is 2.42. The maximum absolute atomic E-state index is 5.84. The summed E-state index contributed by atoms with van der Waals surface area (Å²) in [5.74, 6) is 0. The van der Waals surface area contributed by atoms with Crippen LogP contribution in [0.1, 0.15) is 40.3 Å². The Morgan fingerprint density at radius 2 is 1.69 bits per heavy atom. The summed E-state index contributed by atoms with van der Waals surface area (Å²) in [4.78, 5) is 11.0. The average molecular weight is 440 g/mol. The van der Waals surface area contributed by atoms with Crippen LogP contribution in [-0.4, -0.2) is 19.6 Å². The molecule has 5 rings (SSSR count). The summed E-state index contributed by atoms with van der Waals surface area (Å²) in [6.07, 6.45) is 5.53. The Kier molecular flexibility index (Phi) is 5.45. The summed E-state index contributed by atoms with van der Waals surface area (Å²) in [6.45, 7) is 5.18. The Morgan fingerprint density at radius 1 is 0.938 bits per heavy atom. The summed E-state index contributed by atoms with van der Waals surface area (Å²) in [5, 5.41) is 4.27. The van der Waals surface area contributed by atoms with Gasteiger partial charge in [-0.3, -0.25) is 9.97 Å². The van der Waals surface area contributed by atoms with E-state index in [1.54, 1.807) is 0 Å². The van der Waals surface area contributed by atoms with Crippen molar-refractivity contribution in [3.63, 3.8) is 0 Å². The maximum atomic E-state index is 5.84. The van der Waals surface area contributed by atoms with Gasteiger partial charge in [0.05, 0.1) is 17.8 Å². The van der Waals surface area contributed by atoms with Crippen molar-refractivity contribution in [1.82, 2.24) is 19.9 Å². The van der Waals surface area contributed by atoms with Gasteiger partial charge in [0.25, 0.3) is 0 Å². The summed E-state index contributed by atoms with van der Waals surface area (Å²) >= 11 is 5.84. The van der Waals surface area contributed by atoms with Crippen LogP contribution >= 0.6 is 12.2 Å².